The fraction of sp³-hybridized carbons (Fsp3) is 0.0667. The number of hydrogen-bond acceptors (Lipinski definition) is 2. The molecular formula is C45H32N2. The van der Waals surface area contributed by atoms with E-state index in [9.17, 15) is 0 Å². The van der Waals surface area contributed by atoms with Gasteiger partial charge in [-0.25, -0.2) is 9.97 Å². The summed E-state index contributed by atoms with van der Waals surface area (Å²) in [6, 6.07) is 56.5. The van der Waals surface area contributed by atoms with Crippen LogP contribution >= 0.6 is 0 Å². The zero-order valence-corrected chi connectivity index (χ0v) is 26.4. The SMILES string of the molecule is CC1(C)c2cc3ccccc3cc2-c2c(-c3cc(-c4cccc(-c5cccc6ccccc56)c4)nc(-c4ccccc4)n3)cccc21. The van der Waals surface area contributed by atoms with Crippen LogP contribution in [-0.2, 0) is 5.41 Å². The minimum absolute atomic E-state index is 0.129. The van der Waals surface area contributed by atoms with Crippen molar-refractivity contribution in [2.75, 3.05) is 0 Å². The number of rotatable bonds is 4. The minimum atomic E-state index is -0.129. The summed E-state index contributed by atoms with van der Waals surface area (Å²) in [5, 5.41) is 5.01. The zero-order valence-electron chi connectivity index (χ0n) is 26.4. The van der Waals surface area contributed by atoms with Crippen LogP contribution in [0, 0.1) is 0 Å². The van der Waals surface area contributed by atoms with Gasteiger partial charge in [0.15, 0.2) is 5.82 Å². The van der Waals surface area contributed by atoms with Crippen LogP contribution < -0.4 is 0 Å². The van der Waals surface area contributed by atoms with Crippen molar-refractivity contribution in [2.24, 2.45) is 0 Å². The third kappa shape index (κ3) is 4.48. The van der Waals surface area contributed by atoms with Crippen LogP contribution in [0.1, 0.15) is 25.0 Å². The fourth-order valence-corrected chi connectivity index (χ4v) is 7.46. The molecule has 2 heteroatoms. The molecule has 1 aromatic heterocycles. The van der Waals surface area contributed by atoms with Crippen molar-refractivity contribution >= 4 is 21.5 Å². The molecule has 0 saturated heterocycles. The summed E-state index contributed by atoms with van der Waals surface area (Å²) < 4.78 is 0. The Kier molecular flexibility index (Phi) is 6.20. The Hall–Kier alpha value is -5.86. The van der Waals surface area contributed by atoms with Crippen LogP contribution in [0.2, 0.25) is 0 Å². The monoisotopic (exact) mass is 600 g/mol. The maximum Gasteiger partial charge on any atom is 0.160 e. The Morgan fingerprint density at radius 1 is 0.404 bits per heavy atom. The molecule has 0 radical (unpaired) electrons. The van der Waals surface area contributed by atoms with Gasteiger partial charge in [0.1, 0.15) is 0 Å². The minimum Gasteiger partial charge on any atom is -0.228 e. The van der Waals surface area contributed by atoms with Crippen LogP contribution in [0.15, 0.2) is 158 Å². The summed E-state index contributed by atoms with van der Waals surface area (Å²) in [6.45, 7) is 4.69. The van der Waals surface area contributed by atoms with Crippen molar-refractivity contribution in [3.63, 3.8) is 0 Å². The summed E-state index contributed by atoms with van der Waals surface area (Å²) in [6.07, 6.45) is 0. The first-order chi connectivity index (χ1) is 23.0. The molecule has 1 aliphatic carbocycles. The molecule has 1 aliphatic rings. The molecule has 0 saturated carbocycles. The molecule has 0 spiro atoms. The van der Waals surface area contributed by atoms with Crippen molar-refractivity contribution in [2.45, 2.75) is 19.3 Å². The van der Waals surface area contributed by atoms with Crippen molar-refractivity contribution in [1.82, 2.24) is 9.97 Å². The van der Waals surface area contributed by atoms with Crippen molar-refractivity contribution in [1.29, 1.82) is 0 Å². The molecule has 0 unspecified atom stereocenters. The van der Waals surface area contributed by atoms with Gasteiger partial charge in [-0.3, -0.25) is 0 Å². The Bertz CT molecular complexity index is 2490. The largest absolute Gasteiger partial charge is 0.228 e. The Labute approximate surface area is 275 Å². The lowest BCUT2D eigenvalue weighted by Crippen LogP contribution is -2.14. The molecule has 0 amide bonds. The van der Waals surface area contributed by atoms with Crippen LogP contribution in [0.4, 0.5) is 0 Å². The van der Waals surface area contributed by atoms with Gasteiger partial charge in [0, 0.05) is 22.1 Å². The van der Waals surface area contributed by atoms with Gasteiger partial charge in [0.25, 0.3) is 0 Å². The van der Waals surface area contributed by atoms with Gasteiger partial charge in [0.05, 0.1) is 11.4 Å². The molecular weight excluding hydrogens is 569 g/mol. The predicted octanol–water partition coefficient (Wildman–Crippen LogP) is 11.8. The third-order valence-electron chi connectivity index (χ3n) is 9.86. The molecule has 222 valence electrons. The molecule has 0 atom stereocenters. The standard InChI is InChI=1S/C45H32N2/c1-45(2)39-24-12-23-37(43(39)38-26-31-16-6-7-17-32(31)27-40(38)45)42-28-41(46-44(47-42)30-14-4-3-5-15-30)34-20-10-19-33(25-34)36-22-11-18-29-13-8-9-21-35(29)36/h3-28H,1-2H3. The normalized spacial score (nSPS) is 13.1. The number of benzene rings is 7. The highest BCUT2D eigenvalue weighted by atomic mass is 14.9. The van der Waals surface area contributed by atoms with E-state index in [4.69, 9.17) is 9.97 Å². The molecule has 47 heavy (non-hydrogen) atoms. The smallest absolute Gasteiger partial charge is 0.160 e. The van der Waals surface area contributed by atoms with Crippen LogP contribution in [-0.4, -0.2) is 9.97 Å². The molecule has 1 heterocycles. The molecule has 8 aromatic rings. The highest BCUT2D eigenvalue weighted by Crippen LogP contribution is 2.53. The number of aromatic nitrogens is 2. The van der Waals surface area contributed by atoms with E-state index in [1.807, 2.05) is 6.07 Å². The van der Waals surface area contributed by atoms with E-state index in [0.717, 1.165) is 33.9 Å². The molecule has 2 nitrogen and oxygen atoms in total. The summed E-state index contributed by atoms with van der Waals surface area (Å²) in [5.74, 6) is 0.724. The van der Waals surface area contributed by atoms with Crippen LogP contribution in [0.5, 0.6) is 0 Å². The van der Waals surface area contributed by atoms with Gasteiger partial charge in [-0.05, 0) is 79.2 Å². The summed E-state index contributed by atoms with van der Waals surface area (Å²) in [5.41, 5.74) is 12.5. The molecule has 0 aliphatic heterocycles. The predicted molar refractivity (Wildman–Crippen MR) is 196 cm³/mol. The maximum atomic E-state index is 5.27. The second kappa shape index (κ2) is 10.6. The highest BCUT2D eigenvalue weighted by molar-refractivity contribution is 5.99. The second-order valence-electron chi connectivity index (χ2n) is 13.0. The number of hydrogen-bond donors (Lipinski definition) is 0. The average molecular weight is 601 g/mol. The fourth-order valence-electron chi connectivity index (χ4n) is 7.46. The van der Waals surface area contributed by atoms with Crippen LogP contribution in [0.25, 0.3) is 77.7 Å². The second-order valence-corrected chi connectivity index (χ2v) is 13.0. The summed E-state index contributed by atoms with van der Waals surface area (Å²) in [7, 11) is 0. The van der Waals surface area contributed by atoms with Crippen molar-refractivity contribution in [3.05, 3.63) is 169 Å². The van der Waals surface area contributed by atoms with E-state index in [1.165, 1.54) is 54.9 Å². The molecule has 9 rings (SSSR count). The third-order valence-corrected chi connectivity index (χ3v) is 9.86. The number of nitrogens with zero attached hydrogens (tertiary/aromatic N) is 2. The van der Waals surface area contributed by atoms with Crippen LogP contribution in [0.3, 0.4) is 0 Å². The zero-order chi connectivity index (χ0) is 31.5. The molecule has 0 bridgehead atoms. The lowest BCUT2D eigenvalue weighted by molar-refractivity contribution is 0.661. The van der Waals surface area contributed by atoms with Crippen molar-refractivity contribution in [3.8, 4) is 56.2 Å². The van der Waals surface area contributed by atoms with E-state index < -0.39 is 0 Å². The average Bonchev–Trinajstić information content (AvgIpc) is 3.36. The van der Waals surface area contributed by atoms with E-state index in [-0.39, 0.29) is 5.41 Å². The topological polar surface area (TPSA) is 25.8 Å². The Morgan fingerprint density at radius 3 is 1.87 bits per heavy atom. The molecule has 7 aromatic carbocycles. The molecule has 0 N–H and O–H groups in total. The van der Waals surface area contributed by atoms with E-state index >= 15 is 0 Å². The van der Waals surface area contributed by atoms with E-state index in [2.05, 4.69) is 166 Å². The summed E-state index contributed by atoms with van der Waals surface area (Å²) in [4.78, 5) is 10.5. The van der Waals surface area contributed by atoms with Gasteiger partial charge in [-0.2, -0.15) is 0 Å². The van der Waals surface area contributed by atoms with E-state index in [0.29, 0.717) is 0 Å². The number of fused-ring (bicyclic) bond motifs is 5. The van der Waals surface area contributed by atoms with Gasteiger partial charge < -0.3 is 0 Å². The first kappa shape index (κ1) is 27.5. The molecule has 0 fully saturated rings. The Morgan fingerprint density at radius 2 is 1.02 bits per heavy atom. The van der Waals surface area contributed by atoms with Crippen molar-refractivity contribution < 1.29 is 0 Å². The first-order valence-corrected chi connectivity index (χ1v) is 16.3. The van der Waals surface area contributed by atoms with E-state index in [1.54, 1.807) is 0 Å². The van der Waals surface area contributed by atoms with Gasteiger partial charge >= 0.3 is 0 Å². The van der Waals surface area contributed by atoms with Gasteiger partial charge in [-0.15, -0.1) is 0 Å². The maximum absolute atomic E-state index is 5.27. The Balaban J connectivity index is 1.26. The lowest BCUT2D eigenvalue weighted by Gasteiger charge is -2.22. The lowest BCUT2D eigenvalue weighted by atomic mass is 9.81. The quantitative estimate of drug-likeness (QED) is 0.201. The van der Waals surface area contributed by atoms with Gasteiger partial charge in [0.2, 0.25) is 0 Å². The highest BCUT2D eigenvalue weighted by Gasteiger charge is 2.37. The van der Waals surface area contributed by atoms with Gasteiger partial charge in [-0.1, -0.05) is 147 Å². The first-order valence-electron chi connectivity index (χ1n) is 16.3. The summed E-state index contributed by atoms with van der Waals surface area (Å²) >= 11 is 0.